The first kappa shape index (κ1) is 21.7. The number of aliphatic hydroxyl groups excluding tert-OH is 1. The lowest BCUT2D eigenvalue weighted by Crippen LogP contribution is -2.36. The van der Waals surface area contributed by atoms with E-state index in [0.717, 1.165) is 10.3 Å². The van der Waals surface area contributed by atoms with Crippen LogP contribution in [-0.4, -0.2) is 18.3 Å². The van der Waals surface area contributed by atoms with Crippen LogP contribution in [-0.2, 0) is 19.8 Å². The van der Waals surface area contributed by atoms with Gasteiger partial charge in [0.15, 0.2) is 5.75 Å². The molecule has 0 unspecified atom stereocenters. The van der Waals surface area contributed by atoms with E-state index in [-0.39, 0.29) is 19.8 Å². The molecule has 0 bridgehead atoms. The second kappa shape index (κ2) is 9.66. The Bertz CT molecular complexity index is 1170. The summed E-state index contributed by atoms with van der Waals surface area (Å²) in [5.74, 6) is 0.345. The van der Waals surface area contributed by atoms with Gasteiger partial charge >= 0.3 is 0 Å². The highest BCUT2D eigenvalue weighted by atomic mass is 16.5. The summed E-state index contributed by atoms with van der Waals surface area (Å²) in [5, 5.41) is 38.4. The molecule has 1 heterocycles. The van der Waals surface area contributed by atoms with Crippen molar-refractivity contribution in [1.29, 1.82) is 10.5 Å². The average Bonchev–Trinajstić information content (AvgIpc) is 2.80. The molecule has 0 saturated carbocycles. The van der Waals surface area contributed by atoms with Gasteiger partial charge < -0.3 is 14.7 Å². The first-order valence-corrected chi connectivity index (χ1v) is 9.48. The lowest BCUT2D eigenvalue weighted by atomic mass is 10.0. The zero-order chi connectivity index (χ0) is 22.4. The summed E-state index contributed by atoms with van der Waals surface area (Å²) in [6, 6.07) is 17.9. The molecule has 3 rings (SSSR count). The molecule has 0 spiro atoms. The quantitative estimate of drug-likeness (QED) is 0.352. The minimum Gasteiger partial charge on any atom is -0.482 e. The molecule has 2 N–H and O–H groups in total. The molecule has 152 valence electrons. The Morgan fingerprint density at radius 2 is 1.81 bits per heavy atom. The number of benzene rings is 2. The molecular formula is C23H20BN4O3+. The Kier molecular flexibility index (Phi) is 6.76. The standard InChI is InChI=1S/C23H20BN4O3/c1-16-23(31-15-19-4-2-3-18(9-19)11-26)22(14-29)20(13-28(16)30)12-27(24)21-7-5-17(10-25)6-8-21/h2-9,13,29-30H,12,14-15H2,1H3/q+1. The molecular weight excluding hydrogens is 391 g/mol. The van der Waals surface area contributed by atoms with Crippen LogP contribution in [0.5, 0.6) is 5.75 Å². The van der Waals surface area contributed by atoms with Gasteiger partial charge in [0.05, 0.1) is 29.9 Å². The van der Waals surface area contributed by atoms with Crippen LogP contribution in [0.15, 0.2) is 54.7 Å². The molecule has 2 aromatic carbocycles. The first-order valence-electron chi connectivity index (χ1n) is 9.48. The normalized spacial score (nSPS) is 10.2. The third-order valence-corrected chi connectivity index (χ3v) is 4.88. The van der Waals surface area contributed by atoms with E-state index in [1.807, 2.05) is 6.07 Å². The van der Waals surface area contributed by atoms with Gasteiger partial charge in [-0.05, 0) is 42.0 Å². The average molecular weight is 411 g/mol. The number of hydrogen-bond donors (Lipinski definition) is 2. The number of ether oxygens (including phenoxy) is 1. The highest BCUT2D eigenvalue weighted by molar-refractivity contribution is 6.17. The topological polar surface area (TPSA) is 104 Å². The summed E-state index contributed by atoms with van der Waals surface area (Å²) < 4.78 is 6.87. The number of nitrogens with zero attached hydrogens (tertiary/aromatic N) is 4. The third kappa shape index (κ3) is 4.95. The van der Waals surface area contributed by atoms with Gasteiger partial charge in [-0.25, -0.2) is 0 Å². The summed E-state index contributed by atoms with van der Waals surface area (Å²) in [6.07, 6.45) is 1.48. The number of rotatable bonds is 7. The molecule has 3 aromatic rings. The van der Waals surface area contributed by atoms with Gasteiger partial charge in [0, 0.05) is 35.0 Å². The summed E-state index contributed by atoms with van der Waals surface area (Å²) in [4.78, 5) is 1.45. The second-order valence-corrected chi connectivity index (χ2v) is 6.94. The number of hydrogen-bond acceptors (Lipinski definition) is 6. The lowest BCUT2D eigenvalue weighted by Gasteiger charge is -2.22. The summed E-state index contributed by atoms with van der Waals surface area (Å²) in [7, 11) is 6.18. The Balaban J connectivity index is 1.88. The van der Waals surface area contributed by atoms with Crippen LogP contribution < -0.4 is 14.3 Å². The van der Waals surface area contributed by atoms with E-state index in [4.69, 9.17) is 23.2 Å². The molecule has 0 aliphatic carbocycles. The van der Waals surface area contributed by atoms with E-state index in [0.29, 0.717) is 39.4 Å². The molecule has 0 amide bonds. The molecule has 2 radical (unpaired) electrons. The summed E-state index contributed by atoms with van der Waals surface area (Å²) >= 11 is 0. The van der Waals surface area contributed by atoms with Crippen LogP contribution in [0.1, 0.15) is 33.5 Å². The van der Waals surface area contributed by atoms with Crippen LogP contribution >= 0.6 is 0 Å². The maximum Gasteiger partial charge on any atom is 0.272 e. The minimum absolute atomic E-state index is 0.161. The third-order valence-electron chi connectivity index (χ3n) is 4.88. The van der Waals surface area contributed by atoms with Crippen molar-refractivity contribution < 1.29 is 19.8 Å². The van der Waals surface area contributed by atoms with E-state index in [2.05, 4.69) is 12.1 Å². The van der Waals surface area contributed by atoms with Crippen LogP contribution in [0.2, 0.25) is 0 Å². The van der Waals surface area contributed by atoms with Gasteiger partial charge in [-0.2, -0.15) is 10.5 Å². The van der Waals surface area contributed by atoms with Gasteiger partial charge in [0.1, 0.15) is 6.61 Å². The highest BCUT2D eigenvalue weighted by Gasteiger charge is 2.24. The van der Waals surface area contributed by atoms with E-state index < -0.39 is 0 Å². The number of aromatic nitrogens is 1. The maximum atomic E-state index is 10.3. The monoisotopic (exact) mass is 411 g/mol. The van der Waals surface area contributed by atoms with Crippen molar-refractivity contribution in [3.8, 4) is 17.9 Å². The summed E-state index contributed by atoms with van der Waals surface area (Å²) in [6.45, 7) is 1.70. The van der Waals surface area contributed by atoms with Crippen LogP contribution in [0.25, 0.3) is 0 Å². The predicted molar refractivity (Wildman–Crippen MR) is 113 cm³/mol. The summed E-state index contributed by atoms with van der Waals surface area (Å²) in [5.41, 5.74) is 4.00. The molecule has 8 heteroatoms. The maximum absolute atomic E-state index is 10.3. The van der Waals surface area contributed by atoms with E-state index >= 15 is 0 Å². The van der Waals surface area contributed by atoms with Gasteiger partial charge in [-0.15, -0.1) is 0 Å². The van der Waals surface area contributed by atoms with Crippen molar-refractivity contribution in [2.45, 2.75) is 26.7 Å². The van der Waals surface area contributed by atoms with Crippen molar-refractivity contribution in [2.75, 3.05) is 4.81 Å². The number of pyridine rings is 1. The van der Waals surface area contributed by atoms with Gasteiger partial charge in [0.2, 0.25) is 14.2 Å². The van der Waals surface area contributed by atoms with E-state index in [1.165, 1.54) is 11.0 Å². The van der Waals surface area contributed by atoms with Crippen LogP contribution in [0.3, 0.4) is 0 Å². The lowest BCUT2D eigenvalue weighted by molar-refractivity contribution is -0.909. The number of aliphatic hydroxyl groups is 1. The Labute approximate surface area is 182 Å². The molecule has 0 saturated heterocycles. The molecule has 0 aliphatic rings. The van der Waals surface area contributed by atoms with Crippen molar-refractivity contribution >= 4 is 13.7 Å². The Morgan fingerprint density at radius 3 is 2.45 bits per heavy atom. The molecule has 0 aliphatic heterocycles. The predicted octanol–water partition coefficient (Wildman–Crippen LogP) is 2.42. The van der Waals surface area contributed by atoms with E-state index in [1.54, 1.807) is 49.4 Å². The highest BCUT2D eigenvalue weighted by Crippen LogP contribution is 2.27. The van der Waals surface area contributed by atoms with Gasteiger partial charge in [0.25, 0.3) is 5.69 Å². The minimum atomic E-state index is -0.314. The SMILES string of the molecule is [B]N(Cc1c[n+](O)c(C)c(OCc2cccc(C#N)c2)c1CO)c1ccc(C#N)cc1. The van der Waals surface area contributed by atoms with Crippen molar-refractivity contribution in [3.63, 3.8) is 0 Å². The van der Waals surface area contributed by atoms with Crippen molar-refractivity contribution in [2.24, 2.45) is 0 Å². The van der Waals surface area contributed by atoms with Crippen LogP contribution in [0.4, 0.5) is 5.69 Å². The smallest absolute Gasteiger partial charge is 0.272 e. The first-order chi connectivity index (χ1) is 15.0. The fourth-order valence-corrected chi connectivity index (χ4v) is 3.18. The van der Waals surface area contributed by atoms with Gasteiger partial charge in [-0.1, -0.05) is 12.1 Å². The zero-order valence-corrected chi connectivity index (χ0v) is 17.0. The molecule has 0 atom stereocenters. The van der Waals surface area contributed by atoms with Crippen molar-refractivity contribution in [1.82, 2.24) is 0 Å². The molecule has 1 aromatic heterocycles. The molecule has 7 nitrogen and oxygen atoms in total. The Morgan fingerprint density at radius 1 is 1.10 bits per heavy atom. The molecule has 31 heavy (non-hydrogen) atoms. The molecule has 0 fully saturated rings. The van der Waals surface area contributed by atoms with Gasteiger partial charge in [-0.3, -0.25) is 5.21 Å². The van der Waals surface area contributed by atoms with E-state index in [9.17, 15) is 10.3 Å². The largest absolute Gasteiger partial charge is 0.482 e. The second-order valence-electron chi connectivity index (χ2n) is 6.94. The number of anilines is 1. The Hall–Kier alpha value is -4.01. The van der Waals surface area contributed by atoms with Crippen molar-refractivity contribution in [3.05, 3.63) is 88.2 Å². The van der Waals surface area contributed by atoms with Crippen LogP contribution in [0, 0.1) is 29.6 Å². The fourth-order valence-electron chi connectivity index (χ4n) is 3.18. The zero-order valence-electron chi connectivity index (χ0n) is 17.0. The fraction of sp³-hybridized carbons (Fsp3) is 0.174. The number of nitriles is 2.